The zero-order valence-electron chi connectivity index (χ0n) is 8.87. The van der Waals surface area contributed by atoms with Gasteiger partial charge < -0.3 is 10.8 Å². The van der Waals surface area contributed by atoms with Gasteiger partial charge in [0, 0.05) is 9.89 Å². The molecule has 0 radical (unpaired) electrons. The minimum absolute atomic E-state index is 0.149. The normalized spacial score (nSPS) is 23.1. The first kappa shape index (κ1) is 11.6. The third kappa shape index (κ3) is 2.13. The highest BCUT2D eigenvalue weighted by molar-refractivity contribution is 9.10. The van der Waals surface area contributed by atoms with Crippen molar-refractivity contribution < 1.29 is 9.90 Å². The number of carboxylic acids is 1. The van der Waals surface area contributed by atoms with Gasteiger partial charge in [-0.3, -0.25) is 4.79 Å². The average molecular weight is 284 g/mol. The molecule has 0 spiro atoms. The van der Waals surface area contributed by atoms with Crippen molar-refractivity contribution in [3.8, 4) is 0 Å². The third-order valence-corrected chi connectivity index (χ3v) is 3.75. The van der Waals surface area contributed by atoms with E-state index in [0.29, 0.717) is 6.54 Å². The van der Waals surface area contributed by atoms with Crippen molar-refractivity contribution in [2.75, 3.05) is 6.54 Å². The summed E-state index contributed by atoms with van der Waals surface area (Å²) in [5.74, 6) is -0.766. The summed E-state index contributed by atoms with van der Waals surface area (Å²) < 4.78 is 1.04. The molecule has 1 atom stereocenters. The summed E-state index contributed by atoms with van der Waals surface area (Å²) in [7, 11) is 0. The van der Waals surface area contributed by atoms with Crippen LogP contribution in [0, 0.1) is 5.41 Å². The third-order valence-electron chi connectivity index (χ3n) is 3.26. The summed E-state index contributed by atoms with van der Waals surface area (Å²) in [4.78, 5) is 10.9. The number of fused-ring (bicyclic) bond motifs is 1. The Morgan fingerprint density at radius 1 is 1.44 bits per heavy atom. The second-order valence-electron chi connectivity index (χ2n) is 4.54. The van der Waals surface area contributed by atoms with Crippen molar-refractivity contribution in [3.63, 3.8) is 0 Å². The molecular weight excluding hydrogens is 270 g/mol. The lowest BCUT2D eigenvalue weighted by atomic mass is 9.81. The Bertz CT molecular complexity index is 433. The molecule has 4 heteroatoms. The molecule has 0 bridgehead atoms. The van der Waals surface area contributed by atoms with Gasteiger partial charge in [-0.25, -0.2) is 0 Å². The van der Waals surface area contributed by atoms with E-state index in [-0.39, 0.29) is 11.8 Å². The van der Waals surface area contributed by atoms with Crippen LogP contribution in [0.3, 0.4) is 0 Å². The first-order chi connectivity index (χ1) is 7.54. The maximum absolute atomic E-state index is 10.9. The molecule has 2 rings (SSSR count). The minimum atomic E-state index is -0.766. The zero-order valence-corrected chi connectivity index (χ0v) is 10.5. The summed E-state index contributed by atoms with van der Waals surface area (Å²) in [5, 5.41) is 8.94. The molecule has 1 unspecified atom stereocenters. The van der Waals surface area contributed by atoms with Crippen molar-refractivity contribution in [1.29, 1.82) is 0 Å². The fourth-order valence-electron chi connectivity index (χ4n) is 2.46. The Morgan fingerprint density at radius 3 is 2.75 bits per heavy atom. The van der Waals surface area contributed by atoms with Crippen LogP contribution in [0.1, 0.15) is 17.5 Å². The molecule has 0 aliphatic heterocycles. The van der Waals surface area contributed by atoms with Gasteiger partial charge in [-0.05, 0) is 42.6 Å². The highest BCUT2D eigenvalue weighted by atomic mass is 79.9. The van der Waals surface area contributed by atoms with Crippen molar-refractivity contribution in [2.24, 2.45) is 11.1 Å². The summed E-state index contributed by atoms with van der Waals surface area (Å²) in [6.45, 7) is 0.422. The predicted molar refractivity (Wildman–Crippen MR) is 65.3 cm³/mol. The lowest BCUT2D eigenvalue weighted by Gasteiger charge is -2.24. The van der Waals surface area contributed by atoms with Gasteiger partial charge in [0.15, 0.2) is 0 Å². The van der Waals surface area contributed by atoms with Gasteiger partial charge >= 0.3 is 5.97 Å². The number of benzene rings is 1. The lowest BCUT2D eigenvalue weighted by molar-refractivity contribution is -0.139. The van der Waals surface area contributed by atoms with Crippen LogP contribution >= 0.6 is 15.9 Å². The van der Waals surface area contributed by atoms with Crippen LogP contribution in [0.2, 0.25) is 0 Å². The van der Waals surface area contributed by atoms with Gasteiger partial charge in [0.05, 0.1) is 6.42 Å². The largest absolute Gasteiger partial charge is 0.481 e. The van der Waals surface area contributed by atoms with E-state index in [9.17, 15) is 4.79 Å². The van der Waals surface area contributed by atoms with Crippen LogP contribution in [0.15, 0.2) is 22.7 Å². The van der Waals surface area contributed by atoms with Gasteiger partial charge in [-0.2, -0.15) is 0 Å². The number of aliphatic carboxylic acids is 1. The molecule has 1 aromatic rings. The van der Waals surface area contributed by atoms with Gasteiger partial charge in [0.25, 0.3) is 0 Å². The number of carboxylic acid groups (broad SMARTS) is 1. The highest BCUT2D eigenvalue weighted by Gasteiger charge is 2.37. The van der Waals surface area contributed by atoms with E-state index in [0.717, 1.165) is 17.3 Å². The number of rotatable bonds is 3. The molecule has 1 aliphatic rings. The standard InChI is InChI=1S/C12H14BrNO2/c13-10-2-1-8-4-12(7-14,6-11(15)16)5-9(8)3-10/h1-3H,4-7,14H2,(H,15,16). The Hall–Kier alpha value is -0.870. The molecule has 1 aliphatic carbocycles. The van der Waals surface area contributed by atoms with Crippen molar-refractivity contribution in [1.82, 2.24) is 0 Å². The van der Waals surface area contributed by atoms with Gasteiger partial charge in [0.1, 0.15) is 0 Å². The van der Waals surface area contributed by atoms with Gasteiger partial charge in [-0.1, -0.05) is 22.0 Å². The summed E-state index contributed by atoms with van der Waals surface area (Å²) in [6, 6.07) is 6.11. The van der Waals surface area contributed by atoms with E-state index in [1.165, 1.54) is 11.1 Å². The first-order valence-electron chi connectivity index (χ1n) is 5.24. The first-order valence-corrected chi connectivity index (χ1v) is 6.03. The van der Waals surface area contributed by atoms with Crippen LogP contribution in [-0.4, -0.2) is 17.6 Å². The molecule has 0 saturated heterocycles. The fourth-order valence-corrected chi connectivity index (χ4v) is 2.87. The van der Waals surface area contributed by atoms with Gasteiger partial charge in [-0.15, -0.1) is 0 Å². The molecular formula is C12H14BrNO2. The highest BCUT2D eigenvalue weighted by Crippen LogP contribution is 2.39. The Kier molecular flexibility index (Phi) is 3.04. The maximum Gasteiger partial charge on any atom is 0.303 e. The van der Waals surface area contributed by atoms with E-state index < -0.39 is 5.97 Å². The average Bonchev–Trinajstić information content (AvgIpc) is 2.54. The number of hydrogen-bond acceptors (Lipinski definition) is 2. The second kappa shape index (κ2) is 4.18. The number of hydrogen-bond donors (Lipinski definition) is 2. The molecule has 0 amide bonds. The number of carbonyl (C=O) groups is 1. The van der Waals surface area contributed by atoms with Crippen LogP contribution < -0.4 is 5.73 Å². The Morgan fingerprint density at radius 2 is 2.12 bits per heavy atom. The monoisotopic (exact) mass is 283 g/mol. The molecule has 0 heterocycles. The van der Waals surface area contributed by atoms with E-state index >= 15 is 0 Å². The predicted octanol–water partition coefficient (Wildman–Crippen LogP) is 1.97. The summed E-state index contributed by atoms with van der Waals surface area (Å²) >= 11 is 3.43. The minimum Gasteiger partial charge on any atom is -0.481 e. The van der Waals surface area contributed by atoms with E-state index in [4.69, 9.17) is 10.8 Å². The van der Waals surface area contributed by atoms with Crippen molar-refractivity contribution in [2.45, 2.75) is 19.3 Å². The maximum atomic E-state index is 10.9. The molecule has 0 saturated carbocycles. The van der Waals surface area contributed by atoms with Crippen LogP contribution in [-0.2, 0) is 17.6 Å². The second-order valence-corrected chi connectivity index (χ2v) is 5.46. The summed E-state index contributed by atoms with van der Waals surface area (Å²) in [5.41, 5.74) is 7.93. The van der Waals surface area contributed by atoms with Gasteiger partial charge in [0.2, 0.25) is 0 Å². The van der Waals surface area contributed by atoms with Crippen LogP contribution in [0.4, 0.5) is 0 Å². The molecule has 1 aromatic carbocycles. The van der Waals surface area contributed by atoms with Crippen LogP contribution in [0.5, 0.6) is 0 Å². The van der Waals surface area contributed by atoms with E-state index in [1.807, 2.05) is 6.07 Å². The molecule has 3 N–H and O–H groups in total. The molecule has 0 fully saturated rings. The van der Waals surface area contributed by atoms with E-state index in [1.54, 1.807) is 0 Å². The molecule has 0 aromatic heterocycles. The number of nitrogens with two attached hydrogens (primary N) is 1. The molecule has 16 heavy (non-hydrogen) atoms. The summed E-state index contributed by atoms with van der Waals surface area (Å²) in [6.07, 6.45) is 1.69. The quantitative estimate of drug-likeness (QED) is 0.892. The van der Waals surface area contributed by atoms with Crippen molar-refractivity contribution in [3.05, 3.63) is 33.8 Å². The topological polar surface area (TPSA) is 63.3 Å². The lowest BCUT2D eigenvalue weighted by Crippen LogP contribution is -2.33. The Labute approximate surface area is 103 Å². The molecule has 3 nitrogen and oxygen atoms in total. The van der Waals surface area contributed by atoms with E-state index in [2.05, 4.69) is 28.1 Å². The zero-order chi connectivity index (χ0) is 11.8. The molecule has 86 valence electrons. The number of halogens is 1. The SMILES string of the molecule is NCC1(CC(=O)O)Cc2ccc(Br)cc2C1. The smallest absolute Gasteiger partial charge is 0.303 e. The fraction of sp³-hybridized carbons (Fsp3) is 0.417. The Balaban J connectivity index is 2.28. The van der Waals surface area contributed by atoms with Crippen molar-refractivity contribution >= 4 is 21.9 Å². The van der Waals surface area contributed by atoms with Crippen LogP contribution in [0.25, 0.3) is 0 Å².